The van der Waals surface area contributed by atoms with Gasteiger partial charge in [-0.2, -0.15) is 0 Å². The monoisotopic (exact) mass is 186 g/mol. The van der Waals surface area contributed by atoms with E-state index in [0.717, 1.165) is 11.3 Å². The highest BCUT2D eigenvalue weighted by Gasteiger charge is 2.45. The van der Waals surface area contributed by atoms with Gasteiger partial charge in [-0.3, -0.25) is 4.79 Å². The summed E-state index contributed by atoms with van der Waals surface area (Å²) in [6, 6.07) is -0.341. The second kappa shape index (κ2) is 2.76. The van der Waals surface area contributed by atoms with E-state index in [2.05, 4.69) is 0 Å². The van der Waals surface area contributed by atoms with Crippen LogP contribution < -0.4 is 5.73 Å². The van der Waals surface area contributed by atoms with Gasteiger partial charge in [0.2, 0.25) is 5.91 Å². The van der Waals surface area contributed by atoms with E-state index in [-0.39, 0.29) is 23.9 Å². The predicted molar refractivity (Wildman–Crippen MR) is 46.2 cm³/mol. The highest BCUT2D eigenvalue weighted by Crippen LogP contribution is 2.34. The van der Waals surface area contributed by atoms with Crippen LogP contribution in [0, 0.1) is 0 Å². The molecule has 0 aromatic rings. The number of hydrogen-bond donors (Lipinski definition) is 2. The highest BCUT2D eigenvalue weighted by atomic mass is 32.2. The Morgan fingerprint density at radius 2 is 2.58 bits per heavy atom. The Balaban J connectivity index is 2.15. The van der Waals surface area contributed by atoms with Gasteiger partial charge in [0.05, 0.1) is 6.61 Å². The number of carbonyl (C=O) groups is 1. The maximum Gasteiger partial charge on any atom is 0.247 e. The quantitative estimate of drug-likeness (QED) is 0.521. The number of fused-ring (bicyclic) bond motifs is 1. The number of aliphatic hydroxyl groups is 1. The van der Waals surface area contributed by atoms with E-state index in [1.165, 1.54) is 0 Å². The fourth-order valence-electron chi connectivity index (χ4n) is 1.34. The number of nitrogens with zero attached hydrogens (tertiary/aromatic N) is 1. The summed E-state index contributed by atoms with van der Waals surface area (Å²) in [7, 11) is 0. The van der Waals surface area contributed by atoms with Crippen LogP contribution in [0.2, 0.25) is 0 Å². The molecule has 1 saturated heterocycles. The van der Waals surface area contributed by atoms with Crippen LogP contribution in [0.1, 0.15) is 0 Å². The van der Waals surface area contributed by atoms with Crippen molar-refractivity contribution in [2.24, 2.45) is 5.73 Å². The first-order valence-electron chi connectivity index (χ1n) is 3.74. The zero-order chi connectivity index (χ0) is 8.72. The minimum Gasteiger partial charge on any atom is -0.392 e. The van der Waals surface area contributed by atoms with Crippen molar-refractivity contribution in [3.05, 3.63) is 11.8 Å². The number of nitrogens with two attached hydrogens (primary N) is 1. The van der Waals surface area contributed by atoms with E-state index < -0.39 is 0 Å². The maximum absolute atomic E-state index is 11.1. The molecule has 1 fully saturated rings. The van der Waals surface area contributed by atoms with Gasteiger partial charge < -0.3 is 15.7 Å². The third kappa shape index (κ3) is 0.972. The zero-order valence-corrected chi connectivity index (χ0v) is 7.25. The van der Waals surface area contributed by atoms with E-state index in [0.29, 0.717) is 0 Å². The number of hydrogen-bond acceptors (Lipinski definition) is 4. The molecule has 2 aliphatic rings. The minimum atomic E-state index is -0.341. The van der Waals surface area contributed by atoms with Crippen LogP contribution in [0.4, 0.5) is 0 Å². The molecule has 1 amide bonds. The second-order valence-electron chi connectivity index (χ2n) is 2.92. The molecule has 0 bridgehead atoms. The molecule has 0 spiro atoms. The summed E-state index contributed by atoms with van der Waals surface area (Å²) in [5.74, 6) is 0.733. The second-order valence-corrected chi connectivity index (χ2v) is 4.02. The van der Waals surface area contributed by atoms with Crippen LogP contribution in [0.15, 0.2) is 11.8 Å². The third-order valence-electron chi connectivity index (χ3n) is 2.09. The Bertz CT molecular complexity index is 254. The molecule has 12 heavy (non-hydrogen) atoms. The molecule has 2 rings (SSSR count). The lowest BCUT2D eigenvalue weighted by molar-refractivity contribution is -0.140. The lowest BCUT2D eigenvalue weighted by Crippen LogP contribution is -2.66. The average Bonchev–Trinajstić information content (AvgIpc) is 2.15. The summed E-state index contributed by atoms with van der Waals surface area (Å²) in [4.78, 5) is 12.7. The van der Waals surface area contributed by atoms with Gasteiger partial charge in [-0.1, -0.05) is 0 Å². The van der Waals surface area contributed by atoms with Gasteiger partial charge >= 0.3 is 0 Å². The van der Waals surface area contributed by atoms with Crippen molar-refractivity contribution in [2.45, 2.75) is 11.4 Å². The van der Waals surface area contributed by atoms with Gasteiger partial charge in [0.25, 0.3) is 0 Å². The van der Waals surface area contributed by atoms with Gasteiger partial charge in [-0.15, -0.1) is 11.8 Å². The zero-order valence-electron chi connectivity index (χ0n) is 6.43. The van der Waals surface area contributed by atoms with E-state index in [4.69, 9.17) is 10.8 Å². The molecular formula is C7H10N2O2S. The lowest BCUT2D eigenvalue weighted by atomic mass is 10.1. The van der Waals surface area contributed by atoms with Crippen molar-refractivity contribution in [1.82, 2.24) is 4.90 Å². The molecular weight excluding hydrogens is 176 g/mol. The molecule has 0 aromatic heterocycles. The summed E-state index contributed by atoms with van der Waals surface area (Å²) in [6.07, 6.45) is 1.72. The van der Waals surface area contributed by atoms with Gasteiger partial charge in [0.15, 0.2) is 0 Å². The normalized spacial score (nSPS) is 34.0. The molecule has 2 heterocycles. The Kier molecular flexibility index (Phi) is 1.86. The molecule has 0 aliphatic carbocycles. The number of amides is 1. The van der Waals surface area contributed by atoms with Crippen molar-refractivity contribution >= 4 is 17.7 Å². The van der Waals surface area contributed by atoms with E-state index in [1.54, 1.807) is 22.9 Å². The Labute approximate surface area is 74.4 Å². The molecule has 0 radical (unpaired) electrons. The number of aliphatic hydroxyl groups excluding tert-OH is 1. The van der Waals surface area contributed by atoms with Crippen LogP contribution in [-0.4, -0.2) is 39.7 Å². The first-order valence-corrected chi connectivity index (χ1v) is 4.78. The van der Waals surface area contributed by atoms with E-state index >= 15 is 0 Å². The third-order valence-corrected chi connectivity index (χ3v) is 3.48. The smallest absolute Gasteiger partial charge is 0.247 e. The van der Waals surface area contributed by atoms with Gasteiger partial charge in [-0.05, 0) is 5.57 Å². The fraction of sp³-hybridized carbons (Fsp3) is 0.571. The minimum absolute atomic E-state index is 0.0265. The topological polar surface area (TPSA) is 66.6 Å². The van der Waals surface area contributed by atoms with Crippen molar-refractivity contribution in [3.8, 4) is 0 Å². The molecule has 2 atom stereocenters. The lowest BCUT2D eigenvalue weighted by Gasteiger charge is -2.45. The highest BCUT2D eigenvalue weighted by molar-refractivity contribution is 8.00. The molecule has 2 aliphatic heterocycles. The van der Waals surface area contributed by atoms with Crippen LogP contribution in [0.25, 0.3) is 0 Å². The summed E-state index contributed by atoms with van der Waals surface area (Å²) in [6.45, 7) is 0.0265. The number of β-lactam (4-membered cyclic amide) rings is 1. The molecule has 0 saturated carbocycles. The van der Waals surface area contributed by atoms with Crippen molar-refractivity contribution < 1.29 is 9.90 Å². The average molecular weight is 186 g/mol. The molecule has 0 aromatic carbocycles. The van der Waals surface area contributed by atoms with E-state index in [9.17, 15) is 4.79 Å². The first-order chi connectivity index (χ1) is 5.74. The summed E-state index contributed by atoms with van der Waals surface area (Å²) < 4.78 is 0. The molecule has 3 N–H and O–H groups in total. The van der Waals surface area contributed by atoms with Gasteiger partial charge in [-0.25, -0.2) is 0 Å². The molecule has 4 nitrogen and oxygen atoms in total. The van der Waals surface area contributed by atoms with Crippen molar-refractivity contribution in [2.75, 3.05) is 12.4 Å². The Morgan fingerprint density at radius 1 is 1.83 bits per heavy atom. The molecule has 1 unspecified atom stereocenters. The number of thioether (sulfide) groups is 1. The van der Waals surface area contributed by atoms with Gasteiger partial charge in [0.1, 0.15) is 11.4 Å². The summed E-state index contributed by atoms with van der Waals surface area (Å²) >= 11 is 1.61. The maximum atomic E-state index is 11.1. The van der Waals surface area contributed by atoms with Crippen LogP contribution in [0.3, 0.4) is 0 Å². The van der Waals surface area contributed by atoms with Gasteiger partial charge in [0, 0.05) is 12.0 Å². The van der Waals surface area contributed by atoms with Crippen molar-refractivity contribution in [1.29, 1.82) is 0 Å². The van der Waals surface area contributed by atoms with Crippen LogP contribution in [-0.2, 0) is 4.79 Å². The predicted octanol–water partition coefficient (Wildman–Crippen LogP) is -0.895. The molecule has 5 heteroatoms. The summed E-state index contributed by atoms with van der Waals surface area (Å²) in [5, 5.41) is 8.92. The van der Waals surface area contributed by atoms with Crippen LogP contribution in [0.5, 0.6) is 0 Å². The Morgan fingerprint density at radius 3 is 3.25 bits per heavy atom. The standard InChI is InChI=1S/C7H10N2O2S/c8-5-6(11)9-1-4(2-10)3-12-7(5)9/h1,5,7,10H,2-3,8H2/t5?,7-/m1/s1. The number of carbonyl (C=O) groups excluding carboxylic acids is 1. The fourth-order valence-corrected chi connectivity index (χ4v) is 2.54. The number of rotatable bonds is 1. The summed E-state index contributed by atoms with van der Waals surface area (Å²) in [5.41, 5.74) is 6.45. The van der Waals surface area contributed by atoms with E-state index in [1.807, 2.05) is 0 Å². The first kappa shape index (κ1) is 8.10. The largest absolute Gasteiger partial charge is 0.392 e. The van der Waals surface area contributed by atoms with Crippen molar-refractivity contribution in [3.63, 3.8) is 0 Å². The Hall–Kier alpha value is -0.520. The molecule has 66 valence electrons. The van der Waals surface area contributed by atoms with Crippen LogP contribution >= 0.6 is 11.8 Å². The SMILES string of the molecule is NC1C(=O)N2C=C(CO)CS[C@H]12.